The Hall–Kier alpha value is -2.76. The Bertz CT molecular complexity index is 1330. The van der Waals surface area contributed by atoms with E-state index >= 15 is 4.39 Å². The zero-order chi connectivity index (χ0) is 23.3. The molecule has 0 radical (unpaired) electrons. The molecular formula is C24H27FN4O2S. The lowest BCUT2D eigenvalue weighted by Gasteiger charge is -2.20. The van der Waals surface area contributed by atoms with Crippen molar-refractivity contribution in [1.29, 1.82) is 5.26 Å². The maximum absolute atomic E-state index is 15.3. The van der Waals surface area contributed by atoms with Crippen molar-refractivity contribution in [3.8, 4) is 17.2 Å². The summed E-state index contributed by atoms with van der Waals surface area (Å²) in [7, 11) is -3.40. The zero-order valence-electron chi connectivity index (χ0n) is 18.7. The van der Waals surface area contributed by atoms with Gasteiger partial charge in [0.2, 0.25) is 10.0 Å². The summed E-state index contributed by atoms with van der Waals surface area (Å²) in [6, 6.07) is 6.34. The Kier molecular flexibility index (Phi) is 5.60. The topological polar surface area (TPSA) is 87.8 Å². The molecule has 1 atom stereocenters. The molecule has 1 unspecified atom stereocenters. The van der Waals surface area contributed by atoms with Gasteiger partial charge < -0.3 is 4.57 Å². The Balaban J connectivity index is 1.87. The molecule has 8 heteroatoms. The summed E-state index contributed by atoms with van der Waals surface area (Å²) < 4.78 is 45.1. The molecular weight excluding hydrogens is 427 g/mol. The predicted molar refractivity (Wildman–Crippen MR) is 123 cm³/mol. The van der Waals surface area contributed by atoms with Crippen LogP contribution in [-0.4, -0.2) is 23.2 Å². The van der Waals surface area contributed by atoms with Crippen LogP contribution in [0, 0.1) is 22.6 Å². The molecule has 1 aliphatic rings. The Morgan fingerprint density at radius 2 is 2.03 bits per heavy atom. The summed E-state index contributed by atoms with van der Waals surface area (Å²) in [5.41, 5.74) is 2.54. The van der Waals surface area contributed by atoms with Crippen LogP contribution in [0.5, 0.6) is 0 Å². The van der Waals surface area contributed by atoms with Crippen LogP contribution in [0.25, 0.3) is 22.0 Å². The number of nitriles is 1. The van der Waals surface area contributed by atoms with Crippen molar-refractivity contribution in [2.45, 2.75) is 58.4 Å². The first-order chi connectivity index (χ1) is 15.0. The Labute approximate surface area is 188 Å². The van der Waals surface area contributed by atoms with Crippen LogP contribution in [0.15, 0.2) is 36.8 Å². The average molecular weight is 455 g/mol. The molecule has 2 aromatic heterocycles. The normalized spacial score (nSPS) is 15.6. The highest BCUT2D eigenvalue weighted by atomic mass is 32.2. The summed E-state index contributed by atoms with van der Waals surface area (Å²) >= 11 is 0. The summed E-state index contributed by atoms with van der Waals surface area (Å²) in [6.45, 7) is 8.77. The minimum atomic E-state index is -3.40. The molecule has 3 aromatic rings. The second kappa shape index (κ2) is 7.98. The number of halogens is 1. The van der Waals surface area contributed by atoms with E-state index in [-0.39, 0.29) is 10.7 Å². The molecule has 0 amide bonds. The van der Waals surface area contributed by atoms with Crippen molar-refractivity contribution in [2.24, 2.45) is 5.41 Å². The molecule has 0 spiro atoms. The van der Waals surface area contributed by atoms with Crippen molar-refractivity contribution in [2.75, 3.05) is 0 Å². The second-order valence-electron chi connectivity index (χ2n) is 9.74. The standard InChI is InChI=1S/C24H27FN4O2S/c1-15(28-32(30,31)17-5-6-17)21-13-29(14-24(2,3)4)23-10-18(22(25)9-19(21)23)20-12-27-8-7-16(20)11-26/h7-10,12-13,15,17,28H,5-6,14H2,1-4H3. The number of pyridine rings is 1. The SMILES string of the molecule is CC(NS(=O)(=O)C1CC1)c1cn(CC(C)(C)C)c2cc(-c3cnccc3C#N)c(F)cc12. The van der Waals surface area contributed by atoms with E-state index in [2.05, 4.69) is 36.5 Å². The molecule has 1 N–H and O–H groups in total. The van der Waals surface area contributed by atoms with Crippen molar-refractivity contribution < 1.29 is 12.8 Å². The van der Waals surface area contributed by atoms with Gasteiger partial charge >= 0.3 is 0 Å². The van der Waals surface area contributed by atoms with Gasteiger partial charge in [0.25, 0.3) is 0 Å². The third-order valence-corrected chi connectivity index (χ3v) is 7.68. The number of hydrogen-bond acceptors (Lipinski definition) is 4. The van der Waals surface area contributed by atoms with Crippen LogP contribution in [0.2, 0.25) is 0 Å². The first-order valence-electron chi connectivity index (χ1n) is 10.7. The number of benzene rings is 1. The van der Waals surface area contributed by atoms with E-state index in [1.54, 1.807) is 19.1 Å². The molecule has 168 valence electrons. The van der Waals surface area contributed by atoms with Crippen LogP contribution in [-0.2, 0) is 16.6 Å². The lowest BCUT2D eigenvalue weighted by atomic mass is 9.96. The maximum atomic E-state index is 15.3. The average Bonchev–Trinajstić information content (AvgIpc) is 3.51. The number of sulfonamides is 1. The molecule has 32 heavy (non-hydrogen) atoms. The highest BCUT2D eigenvalue weighted by molar-refractivity contribution is 7.90. The van der Waals surface area contributed by atoms with E-state index in [9.17, 15) is 13.7 Å². The van der Waals surface area contributed by atoms with E-state index in [1.807, 2.05) is 10.8 Å². The number of aromatic nitrogens is 2. The van der Waals surface area contributed by atoms with Crippen molar-refractivity contribution in [3.63, 3.8) is 0 Å². The zero-order valence-corrected chi connectivity index (χ0v) is 19.5. The quantitative estimate of drug-likeness (QED) is 0.574. The molecule has 4 rings (SSSR count). The van der Waals surface area contributed by atoms with Crippen LogP contribution < -0.4 is 4.72 Å². The lowest BCUT2D eigenvalue weighted by molar-refractivity contribution is 0.349. The number of nitrogens with one attached hydrogen (secondary N) is 1. The van der Waals surface area contributed by atoms with Crippen LogP contribution in [0.1, 0.15) is 57.7 Å². The fraction of sp³-hybridized carbons (Fsp3) is 0.417. The molecule has 6 nitrogen and oxygen atoms in total. The largest absolute Gasteiger partial charge is 0.347 e. The van der Waals surface area contributed by atoms with Gasteiger partial charge in [-0.3, -0.25) is 4.98 Å². The van der Waals surface area contributed by atoms with Crippen LogP contribution in [0.4, 0.5) is 4.39 Å². The number of rotatable bonds is 6. The predicted octanol–water partition coefficient (Wildman–Crippen LogP) is 4.90. The second-order valence-corrected chi connectivity index (χ2v) is 11.7. The molecule has 0 saturated heterocycles. The van der Waals surface area contributed by atoms with E-state index in [0.717, 1.165) is 11.1 Å². The van der Waals surface area contributed by atoms with E-state index in [4.69, 9.17) is 0 Å². The van der Waals surface area contributed by atoms with E-state index in [0.29, 0.717) is 41.5 Å². The minimum Gasteiger partial charge on any atom is -0.347 e. The van der Waals surface area contributed by atoms with Gasteiger partial charge in [0, 0.05) is 53.2 Å². The summed E-state index contributed by atoms with van der Waals surface area (Å²) in [5, 5.41) is 9.78. The lowest BCUT2D eigenvalue weighted by Crippen LogP contribution is -2.29. The van der Waals surface area contributed by atoms with Crippen molar-refractivity contribution in [1.82, 2.24) is 14.3 Å². The van der Waals surface area contributed by atoms with Gasteiger partial charge in [-0.1, -0.05) is 20.8 Å². The Morgan fingerprint density at radius 1 is 1.31 bits per heavy atom. The number of nitrogens with zero attached hydrogens (tertiary/aromatic N) is 3. The van der Waals surface area contributed by atoms with Gasteiger partial charge in [-0.2, -0.15) is 5.26 Å². The van der Waals surface area contributed by atoms with Crippen molar-refractivity contribution in [3.05, 3.63) is 53.7 Å². The molecule has 1 saturated carbocycles. The summed E-state index contributed by atoms with van der Waals surface area (Å²) in [6.07, 6.45) is 6.27. The molecule has 2 heterocycles. The summed E-state index contributed by atoms with van der Waals surface area (Å²) in [5.74, 6) is -0.478. The molecule has 0 aliphatic heterocycles. The molecule has 0 bridgehead atoms. The van der Waals surface area contributed by atoms with Gasteiger partial charge in [0.05, 0.1) is 16.9 Å². The fourth-order valence-electron chi connectivity index (χ4n) is 4.02. The summed E-state index contributed by atoms with van der Waals surface area (Å²) in [4.78, 5) is 4.07. The van der Waals surface area contributed by atoms with Gasteiger partial charge in [-0.25, -0.2) is 17.5 Å². The van der Waals surface area contributed by atoms with Gasteiger partial charge in [0.15, 0.2) is 0 Å². The van der Waals surface area contributed by atoms with Gasteiger partial charge in [0.1, 0.15) is 5.82 Å². The minimum absolute atomic E-state index is 0.0549. The molecule has 1 fully saturated rings. The first kappa shape index (κ1) is 22.4. The maximum Gasteiger partial charge on any atom is 0.215 e. The van der Waals surface area contributed by atoms with Crippen LogP contribution >= 0.6 is 0 Å². The monoisotopic (exact) mass is 454 g/mol. The highest BCUT2D eigenvalue weighted by Crippen LogP contribution is 2.36. The van der Waals surface area contributed by atoms with Crippen molar-refractivity contribution >= 4 is 20.9 Å². The third-order valence-electron chi connectivity index (χ3n) is 5.65. The molecule has 1 aromatic carbocycles. The fourth-order valence-corrected chi connectivity index (χ4v) is 5.59. The number of fused-ring (bicyclic) bond motifs is 1. The van der Waals surface area contributed by atoms with Crippen LogP contribution in [0.3, 0.4) is 0 Å². The smallest absolute Gasteiger partial charge is 0.215 e. The number of hydrogen-bond donors (Lipinski definition) is 1. The van der Waals surface area contributed by atoms with Gasteiger partial charge in [-0.15, -0.1) is 0 Å². The molecule has 1 aliphatic carbocycles. The van der Waals surface area contributed by atoms with E-state index < -0.39 is 21.9 Å². The highest BCUT2D eigenvalue weighted by Gasteiger charge is 2.37. The third kappa shape index (κ3) is 4.41. The van der Waals surface area contributed by atoms with E-state index in [1.165, 1.54) is 18.5 Å². The van der Waals surface area contributed by atoms with Gasteiger partial charge in [-0.05, 0) is 48.9 Å². The first-order valence-corrected chi connectivity index (χ1v) is 12.2. The Morgan fingerprint density at radius 3 is 2.66 bits per heavy atom.